The standard InChI is InChI=1S/C48H46N8O6.2H2S/c1-61-47(59)53-41(29-11-5-3-6-12-29)45(57)55-23-9-15-39(55)43-49-28-38(52-43)35-20-19-31-25-32(17-18-33(31)26-35)34-21-22-36-37(27-34)51-44(50-36)40-16-10-24-56(40)46(58)42(54-48(60)62-2)30-13-7-4-8-14-30;;/h3-8,11-14,17-22,25-28,39-42H,9-10,15-16,23-24H2,1-2H3,(H,49,52)(H,50,51)(H,53,59)(H,54,60);2*1H2/t39-,40-,41?,42?;;/m0../s1. The van der Waals surface area contributed by atoms with Crippen LogP contribution in [-0.4, -0.2) is 81.0 Å². The molecular weight excluding hydrogens is 849 g/mol. The summed E-state index contributed by atoms with van der Waals surface area (Å²) in [6.45, 7) is 1.09. The van der Waals surface area contributed by atoms with Gasteiger partial charge in [0.1, 0.15) is 23.7 Å². The summed E-state index contributed by atoms with van der Waals surface area (Å²) in [5, 5.41) is 7.58. The van der Waals surface area contributed by atoms with Crippen LogP contribution in [0.25, 0.3) is 44.2 Å². The third-order valence-electron chi connectivity index (χ3n) is 11.9. The number of benzene rings is 5. The Labute approximate surface area is 384 Å². The lowest BCUT2D eigenvalue weighted by atomic mass is 9.99. The molecule has 0 spiro atoms. The Morgan fingerprint density at radius 1 is 0.625 bits per heavy atom. The van der Waals surface area contributed by atoms with E-state index in [1.165, 1.54) is 14.2 Å². The van der Waals surface area contributed by atoms with E-state index in [-0.39, 0.29) is 50.9 Å². The van der Waals surface area contributed by atoms with Crippen LogP contribution >= 0.6 is 27.0 Å². The number of fused-ring (bicyclic) bond motifs is 2. The summed E-state index contributed by atoms with van der Waals surface area (Å²) < 4.78 is 9.69. The van der Waals surface area contributed by atoms with Gasteiger partial charge in [0.25, 0.3) is 11.8 Å². The van der Waals surface area contributed by atoms with E-state index < -0.39 is 24.3 Å². The monoisotopic (exact) mass is 898 g/mol. The number of aromatic nitrogens is 4. The first-order valence-corrected chi connectivity index (χ1v) is 20.8. The average Bonchev–Trinajstić information content (AvgIpc) is 4.16. The third kappa shape index (κ3) is 9.15. The molecule has 2 aromatic heterocycles. The molecule has 64 heavy (non-hydrogen) atoms. The minimum absolute atomic E-state index is 0. The summed E-state index contributed by atoms with van der Waals surface area (Å²) in [5.74, 6) is 0.975. The predicted octanol–water partition coefficient (Wildman–Crippen LogP) is 8.52. The van der Waals surface area contributed by atoms with Gasteiger partial charge >= 0.3 is 12.2 Å². The number of methoxy groups -OCH3 is 2. The molecule has 5 aromatic carbocycles. The molecule has 0 bridgehead atoms. The maximum atomic E-state index is 14.0. The Morgan fingerprint density at radius 3 is 1.69 bits per heavy atom. The molecule has 0 radical (unpaired) electrons. The lowest BCUT2D eigenvalue weighted by molar-refractivity contribution is -0.135. The van der Waals surface area contributed by atoms with Crippen LogP contribution in [0.1, 0.15) is 72.6 Å². The summed E-state index contributed by atoms with van der Waals surface area (Å²) in [6, 6.07) is 34.8. The van der Waals surface area contributed by atoms with E-state index in [1.54, 1.807) is 9.80 Å². The SMILES string of the molecule is COC(=O)NC(C(=O)N1CCC[C@H]1c1ncc(-c2ccc3cc(-c4ccc5nc([C@@H]6CCCN6C(=O)C(NC(=O)OC)c6ccccc6)[nH]c5c4)ccc3c2)[nH]1)c1ccccc1.S.S. The Kier molecular flexibility index (Phi) is 13.9. The van der Waals surface area contributed by atoms with Gasteiger partial charge in [0.2, 0.25) is 0 Å². The second-order valence-electron chi connectivity index (χ2n) is 15.7. The highest BCUT2D eigenvalue weighted by Crippen LogP contribution is 2.37. The number of nitrogens with one attached hydrogen (secondary N) is 4. The van der Waals surface area contributed by atoms with Gasteiger partial charge < -0.3 is 39.9 Å². The number of ether oxygens (including phenoxy) is 2. The van der Waals surface area contributed by atoms with Crippen LogP contribution in [-0.2, 0) is 19.1 Å². The van der Waals surface area contributed by atoms with Gasteiger partial charge in [-0.3, -0.25) is 9.59 Å². The van der Waals surface area contributed by atoms with Crippen LogP contribution in [0.3, 0.4) is 0 Å². The van der Waals surface area contributed by atoms with Crippen molar-refractivity contribution in [2.24, 2.45) is 0 Å². The quantitative estimate of drug-likeness (QED) is 0.106. The first-order valence-electron chi connectivity index (χ1n) is 20.8. The minimum atomic E-state index is -0.890. The number of rotatable bonds is 10. The predicted molar refractivity (Wildman–Crippen MR) is 254 cm³/mol. The molecular formula is C48H50N8O6S2. The van der Waals surface area contributed by atoms with Crippen molar-refractivity contribution in [1.82, 2.24) is 40.4 Å². The summed E-state index contributed by atoms with van der Waals surface area (Å²) in [7, 11) is 2.56. The molecule has 4 N–H and O–H groups in total. The lowest BCUT2D eigenvalue weighted by Crippen LogP contribution is -2.42. The van der Waals surface area contributed by atoms with Gasteiger partial charge in [0.05, 0.1) is 49.2 Å². The molecule has 2 aliphatic rings. The topological polar surface area (TPSA) is 175 Å². The first-order chi connectivity index (χ1) is 30.3. The van der Waals surface area contributed by atoms with Crippen LogP contribution in [0.4, 0.5) is 9.59 Å². The molecule has 4 amide bonds. The number of nitrogens with zero attached hydrogens (tertiary/aromatic N) is 4. The van der Waals surface area contributed by atoms with Crippen molar-refractivity contribution in [3.8, 4) is 22.4 Å². The summed E-state index contributed by atoms with van der Waals surface area (Å²) >= 11 is 0. The number of carbonyl (C=O) groups excluding carboxylic acids is 4. The molecule has 0 aliphatic carbocycles. The molecule has 2 saturated heterocycles. The lowest BCUT2D eigenvalue weighted by Gasteiger charge is -2.28. The fourth-order valence-corrected chi connectivity index (χ4v) is 8.79. The number of amides is 4. The van der Waals surface area contributed by atoms with Crippen LogP contribution in [0.5, 0.6) is 0 Å². The van der Waals surface area contributed by atoms with Gasteiger partial charge in [-0.2, -0.15) is 27.0 Å². The van der Waals surface area contributed by atoms with Crippen LogP contribution in [0, 0.1) is 0 Å². The number of alkyl carbamates (subject to hydrolysis) is 2. The molecule has 0 saturated carbocycles. The molecule has 7 aromatic rings. The average molecular weight is 899 g/mol. The van der Waals surface area contributed by atoms with E-state index in [9.17, 15) is 19.2 Å². The summed E-state index contributed by atoms with van der Waals surface area (Å²) in [4.78, 5) is 72.8. The van der Waals surface area contributed by atoms with E-state index >= 15 is 0 Å². The van der Waals surface area contributed by atoms with Gasteiger partial charge in [-0.15, -0.1) is 0 Å². The fraction of sp³-hybridized carbons (Fsp3) is 0.250. The molecule has 9 rings (SSSR count). The largest absolute Gasteiger partial charge is 0.453 e. The Balaban J connectivity index is 0.00000306. The molecule has 2 unspecified atom stereocenters. The van der Waals surface area contributed by atoms with Gasteiger partial charge in [0.15, 0.2) is 0 Å². The van der Waals surface area contributed by atoms with Crippen molar-refractivity contribution in [2.45, 2.75) is 49.9 Å². The Hall–Kier alpha value is -6.78. The van der Waals surface area contributed by atoms with Gasteiger partial charge in [-0.1, -0.05) is 91.0 Å². The second-order valence-corrected chi connectivity index (χ2v) is 15.7. The fourth-order valence-electron chi connectivity index (χ4n) is 8.79. The highest BCUT2D eigenvalue weighted by atomic mass is 32.1. The molecule has 14 nitrogen and oxygen atoms in total. The maximum Gasteiger partial charge on any atom is 0.407 e. The number of H-pyrrole nitrogens is 2. The molecule has 2 aliphatic heterocycles. The smallest absolute Gasteiger partial charge is 0.407 e. The molecule has 4 atom stereocenters. The number of hydrogen-bond donors (Lipinski definition) is 4. The van der Waals surface area contributed by atoms with Gasteiger partial charge in [-0.25, -0.2) is 19.6 Å². The van der Waals surface area contributed by atoms with Gasteiger partial charge in [0, 0.05) is 18.7 Å². The summed E-state index contributed by atoms with van der Waals surface area (Å²) in [6.07, 6.45) is 3.58. The number of aromatic amines is 2. The molecule has 2 fully saturated rings. The number of carbonyl (C=O) groups is 4. The highest BCUT2D eigenvalue weighted by molar-refractivity contribution is 7.59. The molecule has 330 valence electrons. The molecule has 4 heterocycles. The van der Waals surface area contributed by atoms with E-state index in [0.717, 1.165) is 69.9 Å². The van der Waals surface area contributed by atoms with Crippen LogP contribution in [0.15, 0.2) is 121 Å². The van der Waals surface area contributed by atoms with Crippen molar-refractivity contribution in [3.63, 3.8) is 0 Å². The minimum Gasteiger partial charge on any atom is -0.453 e. The van der Waals surface area contributed by atoms with Crippen molar-refractivity contribution in [3.05, 3.63) is 144 Å². The van der Waals surface area contributed by atoms with Crippen molar-refractivity contribution in [2.75, 3.05) is 27.3 Å². The zero-order chi connectivity index (χ0) is 42.7. The zero-order valence-corrected chi connectivity index (χ0v) is 37.3. The van der Waals surface area contributed by atoms with E-state index in [1.807, 2.05) is 72.9 Å². The number of hydrogen-bond acceptors (Lipinski definition) is 8. The molecule has 16 heteroatoms. The third-order valence-corrected chi connectivity index (χ3v) is 11.9. The van der Waals surface area contributed by atoms with Crippen molar-refractivity contribution >= 4 is 72.8 Å². The van der Waals surface area contributed by atoms with Crippen LogP contribution in [0.2, 0.25) is 0 Å². The Morgan fingerprint density at radius 2 is 1.12 bits per heavy atom. The van der Waals surface area contributed by atoms with E-state index in [0.29, 0.717) is 35.9 Å². The van der Waals surface area contributed by atoms with Crippen molar-refractivity contribution < 1.29 is 28.7 Å². The van der Waals surface area contributed by atoms with E-state index in [2.05, 4.69) is 69.1 Å². The zero-order valence-electron chi connectivity index (χ0n) is 35.3. The Bertz CT molecular complexity index is 2780. The van der Waals surface area contributed by atoms with Crippen LogP contribution < -0.4 is 10.6 Å². The maximum absolute atomic E-state index is 14.0. The van der Waals surface area contributed by atoms with Crippen molar-refractivity contribution in [1.29, 1.82) is 0 Å². The number of imidazole rings is 2. The normalized spacial score (nSPS) is 16.7. The van der Waals surface area contributed by atoms with Gasteiger partial charge in [-0.05, 0) is 83.0 Å². The highest BCUT2D eigenvalue weighted by Gasteiger charge is 2.38. The number of likely N-dealkylation sites (tertiary alicyclic amines) is 2. The summed E-state index contributed by atoms with van der Waals surface area (Å²) in [5.41, 5.74) is 6.91. The second kappa shape index (κ2) is 19.7. The van der Waals surface area contributed by atoms with E-state index in [4.69, 9.17) is 19.4 Å². The first kappa shape index (κ1) is 45.3.